The van der Waals surface area contributed by atoms with Crippen LogP contribution in [0.15, 0.2) is 36.5 Å². The van der Waals surface area contributed by atoms with Crippen molar-refractivity contribution in [1.29, 1.82) is 0 Å². The van der Waals surface area contributed by atoms with Crippen molar-refractivity contribution in [3.63, 3.8) is 0 Å². The Morgan fingerprint density at radius 3 is 2.69 bits per heavy atom. The zero-order chi connectivity index (χ0) is 25.1. The van der Waals surface area contributed by atoms with Gasteiger partial charge in [0.1, 0.15) is 11.6 Å². The highest BCUT2D eigenvalue weighted by Gasteiger charge is 2.21. The fourth-order valence-electron chi connectivity index (χ4n) is 4.74. The number of anilines is 3. The highest BCUT2D eigenvalue weighted by atomic mass is 16.5. The molecule has 0 unspecified atom stereocenters. The van der Waals surface area contributed by atoms with Crippen LogP contribution in [0.25, 0.3) is 5.65 Å². The number of piperazine rings is 1. The number of amides is 2. The molecule has 2 amide bonds. The summed E-state index contributed by atoms with van der Waals surface area (Å²) in [6, 6.07) is 9.74. The number of carbonyl (C=O) groups is 2. The number of methoxy groups -OCH3 is 1. The second-order valence-corrected chi connectivity index (χ2v) is 9.15. The Morgan fingerprint density at radius 2 is 1.97 bits per heavy atom. The van der Waals surface area contributed by atoms with E-state index in [0.717, 1.165) is 44.7 Å². The smallest absolute Gasteiger partial charge is 0.276 e. The van der Waals surface area contributed by atoms with Gasteiger partial charge in [0.05, 0.1) is 19.0 Å². The summed E-state index contributed by atoms with van der Waals surface area (Å²) in [7, 11) is 1.58. The maximum Gasteiger partial charge on any atom is 0.276 e. The van der Waals surface area contributed by atoms with E-state index in [4.69, 9.17) is 4.74 Å². The number of rotatable bonds is 6. The van der Waals surface area contributed by atoms with E-state index in [-0.39, 0.29) is 11.8 Å². The Morgan fingerprint density at radius 1 is 1.14 bits per heavy atom. The number of nitrogens with zero attached hydrogens (tertiary/aromatic N) is 5. The zero-order valence-electron chi connectivity index (χ0n) is 20.7. The number of nitrogens with one attached hydrogen (secondary N) is 3. The summed E-state index contributed by atoms with van der Waals surface area (Å²) in [4.78, 5) is 33.2. The predicted molar refractivity (Wildman–Crippen MR) is 138 cm³/mol. The van der Waals surface area contributed by atoms with Gasteiger partial charge in [-0.3, -0.25) is 9.59 Å². The third-order valence-corrected chi connectivity index (χ3v) is 6.77. The maximum atomic E-state index is 13.2. The zero-order valence-corrected chi connectivity index (χ0v) is 20.7. The minimum absolute atomic E-state index is 0.0982. The van der Waals surface area contributed by atoms with Gasteiger partial charge in [0.25, 0.3) is 5.91 Å². The summed E-state index contributed by atoms with van der Waals surface area (Å²) in [5.74, 6) is 1.03. The molecule has 2 aliphatic rings. The van der Waals surface area contributed by atoms with Crippen molar-refractivity contribution in [2.75, 3.05) is 61.9 Å². The van der Waals surface area contributed by atoms with Crippen molar-refractivity contribution in [2.24, 2.45) is 0 Å². The number of carbonyl (C=O) groups excluding carboxylic acids is 2. The number of aromatic nitrogens is 3. The maximum absolute atomic E-state index is 13.2. The van der Waals surface area contributed by atoms with Crippen LogP contribution in [0.3, 0.4) is 0 Å². The Hall–Kier alpha value is -3.86. The molecule has 2 aromatic heterocycles. The van der Waals surface area contributed by atoms with Gasteiger partial charge in [-0.1, -0.05) is 0 Å². The summed E-state index contributed by atoms with van der Waals surface area (Å²) < 4.78 is 7.14. The predicted octanol–water partition coefficient (Wildman–Crippen LogP) is 1.82. The first-order chi connectivity index (χ1) is 17.5. The lowest BCUT2D eigenvalue weighted by Crippen LogP contribution is -2.48. The SMILES string of the molecule is COc1cc(N2CCN(C(C)=O)CC2)ccc1NC(=O)c1cnc2ccc(N[C@@H]3CCCNC3)nn12. The van der Waals surface area contributed by atoms with Crippen molar-refractivity contribution in [3.05, 3.63) is 42.2 Å². The number of piperidine rings is 1. The van der Waals surface area contributed by atoms with E-state index >= 15 is 0 Å². The average molecular weight is 493 g/mol. The van der Waals surface area contributed by atoms with E-state index in [0.29, 0.717) is 47.7 Å². The molecule has 11 heteroatoms. The molecule has 4 heterocycles. The molecule has 3 aromatic rings. The largest absolute Gasteiger partial charge is 0.494 e. The normalized spacial score (nSPS) is 18.2. The van der Waals surface area contributed by atoms with Gasteiger partial charge in [-0.2, -0.15) is 0 Å². The van der Waals surface area contributed by atoms with Crippen LogP contribution in [0.1, 0.15) is 30.3 Å². The first-order valence-corrected chi connectivity index (χ1v) is 12.3. The van der Waals surface area contributed by atoms with Crippen molar-refractivity contribution >= 4 is 34.7 Å². The summed E-state index contributed by atoms with van der Waals surface area (Å²) in [5.41, 5.74) is 2.48. The molecule has 3 N–H and O–H groups in total. The Labute approximate surface area is 209 Å². The van der Waals surface area contributed by atoms with E-state index in [1.165, 1.54) is 6.20 Å². The van der Waals surface area contributed by atoms with Crippen LogP contribution in [0, 0.1) is 0 Å². The molecule has 1 atom stereocenters. The topological polar surface area (TPSA) is 116 Å². The quantitative estimate of drug-likeness (QED) is 0.477. The molecule has 0 aliphatic carbocycles. The Kier molecular flexibility index (Phi) is 6.90. The van der Waals surface area contributed by atoms with Gasteiger partial charge in [0.2, 0.25) is 5.91 Å². The molecule has 5 rings (SSSR count). The van der Waals surface area contributed by atoms with Gasteiger partial charge in [-0.05, 0) is 43.7 Å². The lowest BCUT2D eigenvalue weighted by molar-refractivity contribution is -0.129. The summed E-state index contributed by atoms with van der Waals surface area (Å²) >= 11 is 0. The number of fused-ring (bicyclic) bond motifs is 1. The van der Waals surface area contributed by atoms with Crippen LogP contribution in [0.5, 0.6) is 5.75 Å². The van der Waals surface area contributed by atoms with E-state index in [1.54, 1.807) is 18.5 Å². The minimum Gasteiger partial charge on any atom is -0.494 e. The molecule has 2 saturated heterocycles. The fourth-order valence-corrected chi connectivity index (χ4v) is 4.74. The molecule has 2 fully saturated rings. The minimum atomic E-state index is -0.326. The van der Waals surface area contributed by atoms with Crippen molar-refractivity contribution in [1.82, 2.24) is 24.8 Å². The van der Waals surface area contributed by atoms with Gasteiger partial charge in [0.15, 0.2) is 11.3 Å². The van der Waals surface area contributed by atoms with Crippen molar-refractivity contribution in [3.8, 4) is 5.75 Å². The third kappa shape index (κ3) is 5.06. The van der Waals surface area contributed by atoms with E-state index in [9.17, 15) is 9.59 Å². The average Bonchev–Trinajstić information content (AvgIpc) is 3.33. The van der Waals surface area contributed by atoms with Gasteiger partial charge >= 0.3 is 0 Å². The van der Waals surface area contributed by atoms with Crippen molar-refractivity contribution < 1.29 is 14.3 Å². The Bertz CT molecular complexity index is 1250. The first kappa shape index (κ1) is 23.9. The molecule has 0 spiro atoms. The van der Waals surface area contributed by atoms with Crippen LogP contribution in [-0.4, -0.2) is 83.7 Å². The lowest BCUT2D eigenvalue weighted by Gasteiger charge is -2.35. The second kappa shape index (κ2) is 10.4. The first-order valence-electron chi connectivity index (χ1n) is 12.3. The number of ether oxygens (including phenoxy) is 1. The van der Waals surface area contributed by atoms with E-state index < -0.39 is 0 Å². The number of imidazole rings is 1. The monoisotopic (exact) mass is 492 g/mol. The molecule has 0 bridgehead atoms. The van der Waals surface area contributed by atoms with Crippen LogP contribution in [-0.2, 0) is 4.79 Å². The van der Waals surface area contributed by atoms with Crippen LogP contribution in [0.2, 0.25) is 0 Å². The molecule has 0 saturated carbocycles. The van der Waals surface area contributed by atoms with E-state index in [2.05, 4.69) is 30.9 Å². The molecule has 0 radical (unpaired) electrons. The van der Waals surface area contributed by atoms with Crippen LogP contribution in [0.4, 0.5) is 17.2 Å². The molecule has 1 aromatic carbocycles. The highest BCUT2D eigenvalue weighted by Crippen LogP contribution is 2.31. The molecule has 36 heavy (non-hydrogen) atoms. The molecule has 11 nitrogen and oxygen atoms in total. The number of benzene rings is 1. The lowest BCUT2D eigenvalue weighted by atomic mass is 10.1. The number of hydrogen-bond acceptors (Lipinski definition) is 8. The van der Waals surface area contributed by atoms with Gasteiger partial charge in [-0.25, -0.2) is 9.50 Å². The molecular formula is C25H32N8O3. The van der Waals surface area contributed by atoms with Gasteiger partial charge < -0.3 is 30.5 Å². The van der Waals surface area contributed by atoms with E-state index in [1.807, 2.05) is 35.2 Å². The molecule has 190 valence electrons. The molecular weight excluding hydrogens is 460 g/mol. The fraction of sp³-hybridized carbons (Fsp3) is 0.440. The Balaban J connectivity index is 1.30. The highest BCUT2D eigenvalue weighted by molar-refractivity contribution is 6.04. The van der Waals surface area contributed by atoms with Gasteiger partial charge in [-0.15, -0.1) is 5.10 Å². The molecule has 2 aliphatic heterocycles. The third-order valence-electron chi connectivity index (χ3n) is 6.77. The summed E-state index contributed by atoms with van der Waals surface area (Å²) in [6.07, 6.45) is 3.72. The second-order valence-electron chi connectivity index (χ2n) is 9.15. The summed E-state index contributed by atoms with van der Waals surface area (Å²) in [6.45, 7) is 6.39. The summed E-state index contributed by atoms with van der Waals surface area (Å²) in [5, 5.41) is 14.4. The van der Waals surface area contributed by atoms with Gasteiger partial charge in [0, 0.05) is 57.4 Å². The number of hydrogen-bond donors (Lipinski definition) is 3. The van der Waals surface area contributed by atoms with Crippen LogP contribution >= 0.6 is 0 Å². The van der Waals surface area contributed by atoms with Crippen LogP contribution < -0.4 is 25.6 Å². The standard InChI is InChI=1S/C25H32N8O3/c1-17(34)31-10-12-32(13-11-31)19-5-6-20(22(14-19)36-2)29-25(35)21-16-27-24-8-7-23(30-33(21)24)28-18-4-3-9-26-15-18/h5-8,14,16,18,26H,3-4,9-13,15H2,1-2H3,(H,28,30)(H,29,35)/t18-/m1/s1. The van der Waals surface area contributed by atoms with Crippen molar-refractivity contribution in [2.45, 2.75) is 25.8 Å².